The SMILES string of the molecule is CCCCc1ccc(C2CCc3cc(-c4ccc(F)cc4)ccc3C2)cc1. The molecule has 0 aromatic heterocycles. The Morgan fingerprint density at radius 3 is 2.33 bits per heavy atom. The highest BCUT2D eigenvalue weighted by molar-refractivity contribution is 5.65. The number of hydrogen-bond donors (Lipinski definition) is 0. The van der Waals surface area contributed by atoms with E-state index in [4.69, 9.17) is 0 Å². The van der Waals surface area contributed by atoms with Gasteiger partial charge in [0.2, 0.25) is 0 Å². The summed E-state index contributed by atoms with van der Waals surface area (Å²) in [5, 5.41) is 0. The van der Waals surface area contributed by atoms with Crippen molar-refractivity contribution >= 4 is 0 Å². The quantitative estimate of drug-likeness (QED) is 0.456. The summed E-state index contributed by atoms with van der Waals surface area (Å²) >= 11 is 0. The molecule has 0 fully saturated rings. The standard InChI is InChI=1S/C26H27F/c1-2-3-4-19-5-7-20(8-6-19)22-9-11-25-18-23(10-12-24(25)17-22)21-13-15-26(27)16-14-21/h5-8,10,12-16,18,22H,2-4,9,11,17H2,1H3. The molecule has 0 saturated heterocycles. The van der Waals surface area contributed by atoms with Crippen LogP contribution < -0.4 is 0 Å². The number of aryl methyl sites for hydroxylation is 2. The summed E-state index contributed by atoms with van der Waals surface area (Å²) in [5.41, 5.74) is 8.13. The van der Waals surface area contributed by atoms with E-state index in [1.807, 2.05) is 12.1 Å². The Balaban J connectivity index is 1.49. The highest BCUT2D eigenvalue weighted by Gasteiger charge is 2.20. The van der Waals surface area contributed by atoms with Gasteiger partial charge in [0.1, 0.15) is 5.82 Å². The van der Waals surface area contributed by atoms with Gasteiger partial charge in [-0.25, -0.2) is 4.39 Å². The van der Waals surface area contributed by atoms with Gasteiger partial charge in [-0.1, -0.05) is 67.9 Å². The van der Waals surface area contributed by atoms with Crippen LogP contribution in [-0.4, -0.2) is 0 Å². The summed E-state index contributed by atoms with van der Waals surface area (Å²) < 4.78 is 13.2. The second-order valence-corrected chi connectivity index (χ2v) is 7.78. The first-order valence-corrected chi connectivity index (χ1v) is 10.2. The van der Waals surface area contributed by atoms with Crippen LogP contribution in [0, 0.1) is 5.82 Å². The van der Waals surface area contributed by atoms with Gasteiger partial charge in [0, 0.05) is 0 Å². The first-order chi connectivity index (χ1) is 13.2. The second kappa shape index (κ2) is 8.08. The summed E-state index contributed by atoms with van der Waals surface area (Å²) in [7, 11) is 0. The molecule has 138 valence electrons. The lowest BCUT2D eigenvalue weighted by molar-refractivity contribution is 0.585. The molecule has 1 unspecified atom stereocenters. The average molecular weight is 358 g/mol. The van der Waals surface area contributed by atoms with Crippen LogP contribution in [0.4, 0.5) is 4.39 Å². The normalized spacial score (nSPS) is 16.1. The lowest BCUT2D eigenvalue weighted by Gasteiger charge is -2.26. The molecule has 1 aliphatic rings. The molecule has 1 atom stereocenters. The van der Waals surface area contributed by atoms with Gasteiger partial charge in [0.05, 0.1) is 0 Å². The van der Waals surface area contributed by atoms with Crippen LogP contribution in [0.2, 0.25) is 0 Å². The van der Waals surface area contributed by atoms with E-state index in [9.17, 15) is 4.39 Å². The third kappa shape index (κ3) is 4.13. The van der Waals surface area contributed by atoms with Gasteiger partial charge in [-0.05, 0) is 83.5 Å². The summed E-state index contributed by atoms with van der Waals surface area (Å²) in [5.74, 6) is 0.440. The second-order valence-electron chi connectivity index (χ2n) is 7.78. The largest absolute Gasteiger partial charge is 0.207 e. The fourth-order valence-electron chi connectivity index (χ4n) is 4.20. The lowest BCUT2D eigenvalue weighted by atomic mass is 9.79. The maximum absolute atomic E-state index is 13.2. The zero-order chi connectivity index (χ0) is 18.6. The predicted octanol–water partition coefficient (Wildman–Crippen LogP) is 7.11. The lowest BCUT2D eigenvalue weighted by Crippen LogP contribution is -2.13. The average Bonchev–Trinajstić information content (AvgIpc) is 2.72. The third-order valence-corrected chi connectivity index (χ3v) is 5.88. The first-order valence-electron chi connectivity index (χ1n) is 10.2. The molecular formula is C26H27F. The molecule has 0 aliphatic heterocycles. The van der Waals surface area contributed by atoms with Gasteiger partial charge in [0.25, 0.3) is 0 Å². The maximum Gasteiger partial charge on any atom is 0.123 e. The van der Waals surface area contributed by atoms with E-state index in [0.717, 1.165) is 18.4 Å². The van der Waals surface area contributed by atoms with E-state index in [0.29, 0.717) is 5.92 Å². The van der Waals surface area contributed by atoms with Crippen molar-refractivity contribution in [2.45, 2.75) is 51.4 Å². The fourth-order valence-corrected chi connectivity index (χ4v) is 4.20. The maximum atomic E-state index is 13.2. The zero-order valence-electron chi connectivity index (χ0n) is 16.0. The summed E-state index contributed by atoms with van der Waals surface area (Å²) in [6.07, 6.45) is 7.15. The molecule has 3 aromatic rings. The van der Waals surface area contributed by atoms with Crippen LogP contribution in [0.15, 0.2) is 66.7 Å². The molecule has 0 heterocycles. The Labute approximate surface area is 162 Å². The minimum Gasteiger partial charge on any atom is -0.207 e. The summed E-state index contributed by atoms with van der Waals surface area (Å²) in [6.45, 7) is 2.25. The van der Waals surface area contributed by atoms with Crippen molar-refractivity contribution in [3.05, 3.63) is 94.8 Å². The van der Waals surface area contributed by atoms with Crippen LogP contribution in [-0.2, 0) is 19.3 Å². The summed E-state index contributed by atoms with van der Waals surface area (Å²) in [4.78, 5) is 0. The first kappa shape index (κ1) is 18.0. The van der Waals surface area contributed by atoms with Crippen LogP contribution in [0.1, 0.15) is 54.4 Å². The van der Waals surface area contributed by atoms with Gasteiger partial charge in [-0.15, -0.1) is 0 Å². The van der Waals surface area contributed by atoms with Gasteiger partial charge in [0.15, 0.2) is 0 Å². The van der Waals surface area contributed by atoms with E-state index >= 15 is 0 Å². The van der Waals surface area contributed by atoms with Gasteiger partial charge < -0.3 is 0 Å². The van der Waals surface area contributed by atoms with Crippen molar-refractivity contribution in [2.75, 3.05) is 0 Å². The van der Waals surface area contributed by atoms with Crippen LogP contribution in [0.25, 0.3) is 11.1 Å². The molecule has 0 nitrogen and oxygen atoms in total. The molecule has 27 heavy (non-hydrogen) atoms. The Morgan fingerprint density at radius 2 is 1.59 bits per heavy atom. The van der Waals surface area contributed by atoms with Crippen molar-refractivity contribution in [2.24, 2.45) is 0 Å². The van der Waals surface area contributed by atoms with Crippen molar-refractivity contribution in [1.29, 1.82) is 0 Å². The van der Waals surface area contributed by atoms with Gasteiger partial charge in [-0.3, -0.25) is 0 Å². The molecule has 0 saturated carbocycles. The molecular weight excluding hydrogens is 331 g/mol. The fraction of sp³-hybridized carbons (Fsp3) is 0.308. The summed E-state index contributed by atoms with van der Waals surface area (Å²) in [6, 6.07) is 22.9. The van der Waals surface area contributed by atoms with Crippen molar-refractivity contribution in [1.82, 2.24) is 0 Å². The number of halogens is 1. The predicted molar refractivity (Wildman–Crippen MR) is 112 cm³/mol. The van der Waals surface area contributed by atoms with E-state index in [1.165, 1.54) is 65.6 Å². The molecule has 1 aliphatic carbocycles. The molecule has 0 amide bonds. The molecule has 0 spiro atoms. The topological polar surface area (TPSA) is 0 Å². The van der Waals surface area contributed by atoms with Crippen LogP contribution in [0.3, 0.4) is 0 Å². The molecule has 0 radical (unpaired) electrons. The van der Waals surface area contributed by atoms with Crippen molar-refractivity contribution in [3.8, 4) is 11.1 Å². The monoisotopic (exact) mass is 358 g/mol. The minimum absolute atomic E-state index is 0.180. The molecule has 0 N–H and O–H groups in total. The minimum atomic E-state index is -0.180. The highest BCUT2D eigenvalue weighted by Crippen LogP contribution is 2.35. The van der Waals surface area contributed by atoms with E-state index in [1.54, 1.807) is 0 Å². The van der Waals surface area contributed by atoms with E-state index < -0.39 is 0 Å². The number of benzene rings is 3. The highest BCUT2D eigenvalue weighted by atomic mass is 19.1. The smallest absolute Gasteiger partial charge is 0.123 e. The number of unbranched alkanes of at least 4 members (excludes halogenated alkanes) is 1. The Hall–Kier alpha value is -2.41. The Morgan fingerprint density at radius 1 is 0.852 bits per heavy atom. The van der Waals surface area contributed by atoms with E-state index in [-0.39, 0.29) is 5.82 Å². The number of hydrogen-bond acceptors (Lipinski definition) is 0. The molecule has 4 rings (SSSR count). The van der Waals surface area contributed by atoms with Crippen molar-refractivity contribution in [3.63, 3.8) is 0 Å². The molecule has 3 aromatic carbocycles. The molecule has 1 heteroatoms. The van der Waals surface area contributed by atoms with E-state index in [2.05, 4.69) is 49.4 Å². The zero-order valence-corrected chi connectivity index (χ0v) is 16.0. The third-order valence-electron chi connectivity index (χ3n) is 5.88. The van der Waals surface area contributed by atoms with Crippen LogP contribution >= 0.6 is 0 Å². The number of rotatable bonds is 5. The van der Waals surface area contributed by atoms with Crippen LogP contribution in [0.5, 0.6) is 0 Å². The van der Waals surface area contributed by atoms with Crippen molar-refractivity contribution < 1.29 is 4.39 Å². The number of fused-ring (bicyclic) bond motifs is 1. The van der Waals surface area contributed by atoms with Gasteiger partial charge in [-0.2, -0.15) is 0 Å². The molecule has 0 bridgehead atoms. The Bertz CT molecular complexity index is 890. The van der Waals surface area contributed by atoms with Gasteiger partial charge >= 0.3 is 0 Å². The Kier molecular flexibility index (Phi) is 5.38.